The minimum Gasteiger partial charge on any atom is -0.494 e. The number of rotatable bonds is 10. The van der Waals surface area contributed by atoms with Crippen LogP contribution in [0.15, 0.2) is 24.3 Å². The minimum absolute atomic E-state index is 0.409. The average Bonchev–Trinajstić information content (AvgIpc) is 2.47. The van der Waals surface area contributed by atoms with Crippen molar-refractivity contribution in [2.75, 3.05) is 26.2 Å². The van der Waals surface area contributed by atoms with Gasteiger partial charge in [-0.25, -0.2) is 0 Å². The third-order valence-electron chi connectivity index (χ3n) is 3.28. The summed E-state index contributed by atoms with van der Waals surface area (Å²) < 4.78 is 5.75. The Morgan fingerprint density at radius 3 is 2.65 bits per heavy atom. The molecule has 112 valence electrons. The smallest absolute Gasteiger partial charge is 0.119 e. The molecule has 1 rings (SSSR count). The van der Waals surface area contributed by atoms with Crippen LogP contribution in [0.25, 0.3) is 0 Å². The molecule has 20 heavy (non-hydrogen) atoms. The van der Waals surface area contributed by atoms with Crippen molar-refractivity contribution in [2.45, 2.75) is 33.1 Å². The minimum atomic E-state index is 0.409. The second kappa shape index (κ2) is 9.72. The number of unbranched alkanes of at least 4 members (excludes halogenated alkanes) is 1. The van der Waals surface area contributed by atoms with Crippen LogP contribution in [0.2, 0.25) is 0 Å². The summed E-state index contributed by atoms with van der Waals surface area (Å²) in [7, 11) is 0. The third-order valence-corrected chi connectivity index (χ3v) is 3.52. The van der Waals surface area contributed by atoms with Crippen LogP contribution in [0, 0.1) is 0 Å². The topological polar surface area (TPSA) is 38.5 Å². The number of benzene rings is 1. The van der Waals surface area contributed by atoms with E-state index in [0.29, 0.717) is 4.99 Å². The lowest BCUT2D eigenvalue weighted by molar-refractivity contribution is 0.239. The van der Waals surface area contributed by atoms with E-state index in [9.17, 15) is 0 Å². The first-order valence-electron chi connectivity index (χ1n) is 7.42. The molecule has 0 unspecified atom stereocenters. The van der Waals surface area contributed by atoms with Crippen LogP contribution in [0.3, 0.4) is 0 Å². The first kappa shape index (κ1) is 16.9. The van der Waals surface area contributed by atoms with E-state index < -0.39 is 0 Å². The van der Waals surface area contributed by atoms with E-state index >= 15 is 0 Å². The van der Waals surface area contributed by atoms with Gasteiger partial charge in [-0.05, 0) is 38.1 Å². The normalized spacial score (nSPS) is 10.8. The summed E-state index contributed by atoms with van der Waals surface area (Å²) in [4.78, 5) is 2.88. The Hall–Kier alpha value is -1.13. The van der Waals surface area contributed by atoms with Gasteiger partial charge in [-0.15, -0.1) is 0 Å². The molecule has 2 N–H and O–H groups in total. The molecule has 0 aliphatic rings. The van der Waals surface area contributed by atoms with E-state index in [1.54, 1.807) is 0 Å². The maximum Gasteiger partial charge on any atom is 0.119 e. The van der Waals surface area contributed by atoms with Gasteiger partial charge in [0.2, 0.25) is 0 Å². The van der Waals surface area contributed by atoms with Crippen molar-refractivity contribution >= 4 is 17.2 Å². The number of hydrogen-bond donors (Lipinski definition) is 1. The van der Waals surface area contributed by atoms with Crippen molar-refractivity contribution in [2.24, 2.45) is 5.73 Å². The highest BCUT2D eigenvalue weighted by molar-refractivity contribution is 7.80. The number of hydrogen-bond acceptors (Lipinski definition) is 3. The van der Waals surface area contributed by atoms with Crippen molar-refractivity contribution in [3.05, 3.63) is 29.8 Å². The van der Waals surface area contributed by atoms with Gasteiger partial charge >= 0.3 is 0 Å². The lowest BCUT2D eigenvalue weighted by atomic mass is 10.2. The summed E-state index contributed by atoms with van der Waals surface area (Å²) in [6, 6.07) is 7.66. The Bertz CT molecular complexity index is 409. The highest BCUT2D eigenvalue weighted by Crippen LogP contribution is 2.13. The van der Waals surface area contributed by atoms with Gasteiger partial charge in [0.25, 0.3) is 0 Å². The van der Waals surface area contributed by atoms with Gasteiger partial charge in [0.15, 0.2) is 0 Å². The number of nitrogens with two attached hydrogens (primary N) is 1. The predicted molar refractivity (Wildman–Crippen MR) is 89.5 cm³/mol. The molecule has 0 aliphatic carbocycles. The second-order valence-electron chi connectivity index (χ2n) is 4.88. The maximum absolute atomic E-state index is 5.75. The van der Waals surface area contributed by atoms with Crippen molar-refractivity contribution in [3.8, 4) is 5.75 Å². The van der Waals surface area contributed by atoms with E-state index in [-0.39, 0.29) is 0 Å². The quantitative estimate of drug-likeness (QED) is 0.531. The lowest BCUT2D eigenvalue weighted by Gasteiger charge is -2.19. The molecule has 0 aliphatic heterocycles. The Balaban J connectivity index is 2.29. The Labute approximate surface area is 128 Å². The van der Waals surface area contributed by atoms with Crippen LogP contribution in [0.4, 0.5) is 0 Å². The first-order chi connectivity index (χ1) is 9.67. The molecule has 0 spiro atoms. The summed E-state index contributed by atoms with van der Waals surface area (Å²) in [5, 5.41) is 0. The van der Waals surface area contributed by atoms with Crippen molar-refractivity contribution in [1.82, 2.24) is 4.90 Å². The van der Waals surface area contributed by atoms with E-state index in [1.807, 2.05) is 24.3 Å². The van der Waals surface area contributed by atoms with Gasteiger partial charge in [-0.1, -0.05) is 44.6 Å². The maximum atomic E-state index is 5.75. The molecule has 0 aromatic heterocycles. The molecule has 0 heterocycles. The number of nitrogens with zero attached hydrogens (tertiary/aromatic N) is 1. The molecule has 0 bridgehead atoms. The highest BCUT2D eigenvalue weighted by atomic mass is 32.1. The van der Waals surface area contributed by atoms with Crippen molar-refractivity contribution < 1.29 is 4.74 Å². The molecule has 0 radical (unpaired) electrons. The van der Waals surface area contributed by atoms with Gasteiger partial charge in [0.05, 0.1) is 6.61 Å². The van der Waals surface area contributed by atoms with E-state index in [2.05, 4.69) is 18.7 Å². The average molecular weight is 294 g/mol. The molecule has 4 heteroatoms. The predicted octanol–water partition coefficient (Wildman–Crippen LogP) is 3.21. The van der Waals surface area contributed by atoms with Gasteiger partial charge in [-0.3, -0.25) is 0 Å². The fourth-order valence-corrected chi connectivity index (χ4v) is 2.15. The van der Waals surface area contributed by atoms with Crippen LogP contribution in [0.1, 0.15) is 38.7 Å². The summed E-state index contributed by atoms with van der Waals surface area (Å²) in [6.07, 6.45) is 3.55. The highest BCUT2D eigenvalue weighted by Gasteiger charge is 2.02. The standard InChI is InChI=1S/C16H26N2OS/c1-3-5-10-18(4-2)11-7-12-19-15-9-6-8-14(13-15)16(17)20/h6,8-9,13H,3-5,7,10-12H2,1-2H3,(H2,17,20). The van der Waals surface area contributed by atoms with Gasteiger partial charge in [0.1, 0.15) is 10.7 Å². The third kappa shape index (κ3) is 6.35. The van der Waals surface area contributed by atoms with Crippen LogP contribution >= 0.6 is 12.2 Å². The zero-order valence-corrected chi connectivity index (χ0v) is 13.4. The van der Waals surface area contributed by atoms with Gasteiger partial charge < -0.3 is 15.4 Å². The molecule has 0 amide bonds. The molecule has 1 aromatic carbocycles. The largest absolute Gasteiger partial charge is 0.494 e. The Morgan fingerprint density at radius 1 is 1.25 bits per heavy atom. The Morgan fingerprint density at radius 2 is 2.00 bits per heavy atom. The van der Waals surface area contributed by atoms with E-state index in [0.717, 1.165) is 37.4 Å². The first-order valence-corrected chi connectivity index (χ1v) is 7.83. The lowest BCUT2D eigenvalue weighted by Crippen LogP contribution is -2.26. The van der Waals surface area contributed by atoms with Crippen LogP contribution in [-0.4, -0.2) is 36.1 Å². The van der Waals surface area contributed by atoms with Crippen molar-refractivity contribution in [1.29, 1.82) is 0 Å². The molecular formula is C16H26N2OS. The number of ether oxygens (including phenoxy) is 1. The fourth-order valence-electron chi connectivity index (χ4n) is 2.03. The SMILES string of the molecule is CCCCN(CC)CCCOc1cccc(C(N)=S)c1. The molecule has 0 saturated heterocycles. The number of thiocarbonyl (C=S) groups is 1. The van der Waals surface area contributed by atoms with Crippen LogP contribution < -0.4 is 10.5 Å². The monoisotopic (exact) mass is 294 g/mol. The second-order valence-corrected chi connectivity index (χ2v) is 5.32. The fraction of sp³-hybridized carbons (Fsp3) is 0.562. The van der Waals surface area contributed by atoms with E-state index in [1.165, 1.54) is 19.4 Å². The summed E-state index contributed by atoms with van der Waals surface area (Å²) in [6.45, 7) is 8.55. The van der Waals surface area contributed by atoms with Gasteiger partial charge in [0, 0.05) is 12.1 Å². The zero-order valence-electron chi connectivity index (χ0n) is 12.6. The molecule has 0 atom stereocenters. The molecule has 0 fully saturated rings. The zero-order chi connectivity index (χ0) is 14.8. The summed E-state index contributed by atoms with van der Waals surface area (Å²) in [5.74, 6) is 0.840. The van der Waals surface area contributed by atoms with Crippen LogP contribution in [0.5, 0.6) is 5.75 Å². The molecular weight excluding hydrogens is 268 g/mol. The molecule has 0 saturated carbocycles. The summed E-state index contributed by atoms with van der Waals surface area (Å²) in [5.41, 5.74) is 6.47. The van der Waals surface area contributed by atoms with Crippen molar-refractivity contribution in [3.63, 3.8) is 0 Å². The summed E-state index contributed by atoms with van der Waals surface area (Å²) >= 11 is 4.96. The van der Waals surface area contributed by atoms with E-state index in [4.69, 9.17) is 22.7 Å². The van der Waals surface area contributed by atoms with Gasteiger partial charge in [-0.2, -0.15) is 0 Å². The Kier molecular flexibility index (Phi) is 8.23. The molecule has 1 aromatic rings. The van der Waals surface area contributed by atoms with Crippen LogP contribution in [-0.2, 0) is 0 Å². The molecule has 3 nitrogen and oxygen atoms in total.